The number of aliphatic hydroxyl groups excluding tert-OH is 1. The predicted octanol–water partition coefficient (Wildman–Crippen LogP) is 3.10. The number of aliphatic hydroxyl groups is 1. The van der Waals surface area contributed by atoms with Crippen molar-refractivity contribution in [2.75, 3.05) is 6.61 Å². The molecule has 0 saturated carbocycles. The zero-order valence-electron chi connectivity index (χ0n) is 10.7. The van der Waals surface area contributed by atoms with Crippen LogP contribution in [0.1, 0.15) is 25.1 Å². The lowest BCUT2D eigenvalue weighted by atomic mass is 9.85. The number of benzene rings is 1. The van der Waals surface area contributed by atoms with Gasteiger partial charge in [0.15, 0.2) is 0 Å². The molecule has 1 aromatic heterocycles. The number of nitrogens with zero attached hydrogens (tertiary/aromatic N) is 1. The highest BCUT2D eigenvalue weighted by Gasteiger charge is 2.18. The molecule has 1 aromatic carbocycles. The van der Waals surface area contributed by atoms with Crippen molar-refractivity contribution in [3.8, 4) is 0 Å². The van der Waals surface area contributed by atoms with Crippen LogP contribution < -0.4 is 0 Å². The van der Waals surface area contributed by atoms with Crippen LogP contribution in [-0.4, -0.2) is 16.7 Å². The molecule has 1 heterocycles. The zero-order chi connectivity index (χ0) is 12.5. The maximum absolute atomic E-state index is 9.38. The highest BCUT2D eigenvalue weighted by Crippen LogP contribution is 2.26. The third-order valence-electron chi connectivity index (χ3n) is 3.03. The van der Waals surface area contributed by atoms with Crippen molar-refractivity contribution in [1.82, 2.24) is 4.98 Å². The number of pyridine rings is 1. The second-order valence-corrected chi connectivity index (χ2v) is 5.44. The molecule has 0 fully saturated rings. The van der Waals surface area contributed by atoms with E-state index in [4.69, 9.17) is 0 Å². The highest BCUT2D eigenvalue weighted by molar-refractivity contribution is 5.82. The summed E-state index contributed by atoms with van der Waals surface area (Å²) in [6, 6.07) is 10.3. The topological polar surface area (TPSA) is 33.1 Å². The van der Waals surface area contributed by atoms with Gasteiger partial charge in [-0.3, -0.25) is 4.98 Å². The van der Waals surface area contributed by atoms with Crippen molar-refractivity contribution in [2.24, 2.45) is 5.41 Å². The molecule has 2 aromatic rings. The van der Waals surface area contributed by atoms with Gasteiger partial charge in [0.1, 0.15) is 0 Å². The molecule has 17 heavy (non-hydrogen) atoms. The molecule has 0 unspecified atom stereocenters. The van der Waals surface area contributed by atoms with Crippen molar-refractivity contribution < 1.29 is 5.11 Å². The van der Waals surface area contributed by atoms with Gasteiger partial charge in [0, 0.05) is 17.7 Å². The van der Waals surface area contributed by atoms with E-state index in [-0.39, 0.29) is 12.0 Å². The first-order chi connectivity index (χ1) is 8.02. The van der Waals surface area contributed by atoms with Gasteiger partial charge in [-0.15, -0.1) is 0 Å². The molecule has 0 atom stereocenters. The number of fused-ring (bicyclic) bond motifs is 1. The van der Waals surface area contributed by atoms with Crippen LogP contribution in [0.5, 0.6) is 0 Å². The molecule has 0 bridgehead atoms. The van der Waals surface area contributed by atoms with Gasteiger partial charge in [-0.05, 0) is 36.5 Å². The Labute approximate surface area is 102 Å². The van der Waals surface area contributed by atoms with Gasteiger partial charge in [0.25, 0.3) is 0 Å². The fourth-order valence-electron chi connectivity index (χ4n) is 2.11. The first-order valence-electron chi connectivity index (χ1n) is 5.98. The monoisotopic (exact) mass is 229 g/mol. The largest absolute Gasteiger partial charge is 0.396 e. The Morgan fingerprint density at radius 1 is 1.24 bits per heavy atom. The predicted molar refractivity (Wildman–Crippen MR) is 71.1 cm³/mol. The van der Waals surface area contributed by atoms with Gasteiger partial charge in [-0.1, -0.05) is 32.0 Å². The van der Waals surface area contributed by atoms with Crippen LogP contribution in [0.25, 0.3) is 10.9 Å². The molecular formula is C15H19NO. The van der Waals surface area contributed by atoms with Crippen LogP contribution >= 0.6 is 0 Å². The zero-order valence-corrected chi connectivity index (χ0v) is 10.7. The minimum atomic E-state index is -0.0867. The van der Waals surface area contributed by atoms with Crippen molar-refractivity contribution >= 4 is 10.9 Å². The minimum absolute atomic E-state index is 0.0867. The van der Waals surface area contributed by atoms with E-state index in [1.807, 2.05) is 25.1 Å². The molecule has 0 aliphatic rings. The Bertz CT molecular complexity index is 531. The van der Waals surface area contributed by atoms with E-state index >= 15 is 0 Å². The Morgan fingerprint density at radius 3 is 2.65 bits per heavy atom. The van der Waals surface area contributed by atoms with Crippen LogP contribution in [0.15, 0.2) is 30.3 Å². The van der Waals surface area contributed by atoms with Gasteiger partial charge in [-0.2, -0.15) is 0 Å². The third kappa shape index (κ3) is 2.64. The number of para-hydroxylation sites is 1. The van der Waals surface area contributed by atoms with Gasteiger partial charge in [0.2, 0.25) is 0 Å². The van der Waals surface area contributed by atoms with Crippen molar-refractivity contribution in [2.45, 2.75) is 27.2 Å². The van der Waals surface area contributed by atoms with E-state index in [1.165, 1.54) is 10.9 Å². The summed E-state index contributed by atoms with van der Waals surface area (Å²) in [6.45, 7) is 6.37. The summed E-state index contributed by atoms with van der Waals surface area (Å²) in [4.78, 5) is 4.53. The van der Waals surface area contributed by atoms with Crippen LogP contribution in [0.3, 0.4) is 0 Å². The Balaban J connectivity index is 2.53. The lowest BCUT2D eigenvalue weighted by molar-refractivity contribution is 0.160. The van der Waals surface area contributed by atoms with Crippen molar-refractivity contribution in [3.05, 3.63) is 41.6 Å². The fourth-order valence-corrected chi connectivity index (χ4v) is 2.11. The van der Waals surface area contributed by atoms with E-state index in [0.717, 1.165) is 17.6 Å². The number of rotatable bonds is 3. The first-order valence-corrected chi connectivity index (χ1v) is 5.98. The molecule has 0 saturated heterocycles. The maximum Gasteiger partial charge on any atom is 0.0707 e. The molecule has 90 valence electrons. The minimum Gasteiger partial charge on any atom is -0.396 e. The van der Waals surface area contributed by atoms with E-state index in [9.17, 15) is 5.11 Å². The molecule has 1 N–H and O–H groups in total. The first kappa shape index (κ1) is 12.1. The smallest absolute Gasteiger partial charge is 0.0707 e. The summed E-state index contributed by atoms with van der Waals surface area (Å²) in [5.41, 5.74) is 3.26. The van der Waals surface area contributed by atoms with Gasteiger partial charge in [0.05, 0.1) is 5.52 Å². The number of aryl methyl sites for hydroxylation is 1. The number of hydrogen-bond donors (Lipinski definition) is 1. The fraction of sp³-hybridized carbons (Fsp3) is 0.400. The van der Waals surface area contributed by atoms with Gasteiger partial charge in [-0.25, -0.2) is 0 Å². The SMILES string of the molecule is Cc1cc(CC(C)(C)CO)c2ccccc2n1. The summed E-state index contributed by atoms with van der Waals surface area (Å²) < 4.78 is 0. The second-order valence-electron chi connectivity index (χ2n) is 5.44. The van der Waals surface area contributed by atoms with Gasteiger partial charge < -0.3 is 5.11 Å². The highest BCUT2D eigenvalue weighted by atomic mass is 16.3. The van der Waals surface area contributed by atoms with E-state index in [2.05, 4.69) is 31.0 Å². The van der Waals surface area contributed by atoms with Crippen LogP contribution in [0, 0.1) is 12.3 Å². The van der Waals surface area contributed by atoms with Crippen molar-refractivity contribution in [1.29, 1.82) is 0 Å². The third-order valence-corrected chi connectivity index (χ3v) is 3.03. The summed E-state index contributed by atoms with van der Waals surface area (Å²) in [5, 5.41) is 10.6. The molecule has 2 rings (SSSR count). The molecule has 0 amide bonds. The molecule has 0 aliphatic carbocycles. The second kappa shape index (κ2) is 4.46. The molecule has 0 spiro atoms. The quantitative estimate of drug-likeness (QED) is 0.877. The Kier molecular flexibility index (Phi) is 3.16. The van der Waals surface area contributed by atoms with Gasteiger partial charge >= 0.3 is 0 Å². The van der Waals surface area contributed by atoms with Crippen LogP contribution in [0.2, 0.25) is 0 Å². The molecule has 0 aliphatic heterocycles. The van der Waals surface area contributed by atoms with Crippen molar-refractivity contribution in [3.63, 3.8) is 0 Å². The lowest BCUT2D eigenvalue weighted by Gasteiger charge is -2.22. The average Bonchev–Trinajstić information content (AvgIpc) is 2.28. The Morgan fingerprint density at radius 2 is 1.94 bits per heavy atom. The maximum atomic E-state index is 9.38. The Hall–Kier alpha value is -1.41. The molecule has 0 radical (unpaired) electrons. The molecule has 2 nitrogen and oxygen atoms in total. The molecular weight excluding hydrogens is 210 g/mol. The normalized spacial score (nSPS) is 12.0. The van der Waals surface area contributed by atoms with E-state index in [1.54, 1.807) is 0 Å². The molecule has 2 heteroatoms. The van der Waals surface area contributed by atoms with E-state index in [0.29, 0.717) is 0 Å². The standard InChI is InChI=1S/C15H19NO/c1-11-8-12(9-15(2,3)10-17)13-6-4-5-7-14(13)16-11/h4-8,17H,9-10H2,1-3H3. The lowest BCUT2D eigenvalue weighted by Crippen LogP contribution is -2.20. The number of aromatic nitrogens is 1. The summed E-state index contributed by atoms with van der Waals surface area (Å²) in [6.07, 6.45) is 0.868. The summed E-state index contributed by atoms with van der Waals surface area (Å²) in [5.74, 6) is 0. The summed E-state index contributed by atoms with van der Waals surface area (Å²) >= 11 is 0. The number of hydrogen-bond acceptors (Lipinski definition) is 2. The van der Waals surface area contributed by atoms with Crippen LogP contribution in [0.4, 0.5) is 0 Å². The summed E-state index contributed by atoms with van der Waals surface area (Å²) in [7, 11) is 0. The van der Waals surface area contributed by atoms with Crippen LogP contribution in [-0.2, 0) is 6.42 Å². The average molecular weight is 229 g/mol. The van der Waals surface area contributed by atoms with E-state index < -0.39 is 0 Å².